The fraction of sp³-hybridized carbons (Fsp3) is 0.533. The second kappa shape index (κ2) is 4.63. The van der Waals surface area contributed by atoms with Crippen molar-refractivity contribution in [2.45, 2.75) is 38.6 Å². The molecule has 0 aromatic heterocycles. The molecular formula is C15H20N2O. The first-order valence-electron chi connectivity index (χ1n) is 6.92. The molecular weight excluding hydrogens is 224 g/mol. The summed E-state index contributed by atoms with van der Waals surface area (Å²) in [4.78, 5) is 12.2. The van der Waals surface area contributed by atoms with Crippen molar-refractivity contribution in [2.24, 2.45) is 5.92 Å². The zero-order valence-electron chi connectivity index (χ0n) is 10.8. The maximum atomic E-state index is 12.2. The Labute approximate surface area is 108 Å². The van der Waals surface area contributed by atoms with Crippen LogP contribution in [-0.2, 0) is 6.42 Å². The van der Waals surface area contributed by atoms with Gasteiger partial charge in [0.25, 0.3) is 5.91 Å². The fourth-order valence-electron chi connectivity index (χ4n) is 2.79. The van der Waals surface area contributed by atoms with E-state index in [-0.39, 0.29) is 5.91 Å². The van der Waals surface area contributed by atoms with Gasteiger partial charge in [-0.05, 0) is 55.9 Å². The van der Waals surface area contributed by atoms with Gasteiger partial charge in [0.2, 0.25) is 0 Å². The standard InChI is InChI=1S/C15H20N2O/c1-10(11-3-2-4-11)17-15(18)13-5-6-14-12(9-13)7-8-16-14/h5-6,9-11,16H,2-4,7-8H2,1H3,(H,17,18). The van der Waals surface area contributed by atoms with Gasteiger partial charge < -0.3 is 10.6 Å². The highest BCUT2D eigenvalue weighted by Crippen LogP contribution is 2.29. The van der Waals surface area contributed by atoms with Gasteiger partial charge in [-0.1, -0.05) is 6.42 Å². The molecule has 0 spiro atoms. The number of hydrogen-bond acceptors (Lipinski definition) is 2. The Kier molecular flexibility index (Phi) is 2.98. The van der Waals surface area contributed by atoms with Crippen molar-refractivity contribution in [3.63, 3.8) is 0 Å². The molecule has 1 aliphatic heterocycles. The summed E-state index contributed by atoms with van der Waals surface area (Å²) in [5, 5.41) is 6.44. The molecule has 1 amide bonds. The number of benzene rings is 1. The maximum absolute atomic E-state index is 12.2. The van der Waals surface area contributed by atoms with Gasteiger partial charge in [-0.3, -0.25) is 4.79 Å². The van der Waals surface area contributed by atoms with Gasteiger partial charge in [-0.2, -0.15) is 0 Å². The van der Waals surface area contributed by atoms with Crippen molar-refractivity contribution in [2.75, 3.05) is 11.9 Å². The third-order valence-corrected chi connectivity index (χ3v) is 4.29. The van der Waals surface area contributed by atoms with Crippen molar-refractivity contribution in [1.82, 2.24) is 5.32 Å². The average Bonchev–Trinajstić information content (AvgIpc) is 2.72. The van der Waals surface area contributed by atoms with Crippen LogP contribution in [0.15, 0.2) is 18.2 Å². The zero-order chi connectivity index (χ0) is 12.5. The molecule has 1 saturated carbocycles. The molecule has 2 N–H and O–H groups in total. The van der Waals surface area contributed by atoms with E-state index in [0.29, 0.717) is 12.0 Å². The monoisotopic (exact) mass is 244 g/mol. The van der Waals surface area contributed by atoms with E-state index >= 15 is 0 Å². The van der Waals surface area contributed by atoms with Gasteiger partial charge in [0.05, 0.1) is 0 Å². The Morgan fingerprint density at radius 1 is 1.44 bits per heavy atom. The Balaban J connectivity index is 1.68. The van der Waals surface area contributed by atoms with Gasteiger partial charge in [0.1, 0.15) is 0 Å². The van der Waals surface area contributed by atoms with Crippen LogP contribution in [0.5, 0.6) is 0 Å². The van der Waals surface area contributed by atoms with Gasteiger partial charge in [0.15, 0.2) is 0 Å². The molecule has 0 radical (unpaired) electrons. The molecule has 3 nitrogen and oxygen atoms in total. The van der Waals surface area contributed by atoms with Crippen LogP contribution in [0.1, 0.15) is 42.1 Å². The van der Waals surface area contributed by atoms with Crippen molar-refractivity contribution in [3.8, 4) is 0 Å². The van der Waals surface area contributed by atoms with Crippen LogP contribution in [-0.4, -0.2) is 18.5 Å². The summed E-state index contributed by atoms with van der Waals surface area (Å²) < 4.78 is 0. The summed E-state index contributed by atoms with van der Waals surface area (Å²) in [5.41, 5.74) is 3.24. The molecule has 1 heterocycles. The Hall–Kier alpha value is -1.51. The highest BCUT2D eigenvalue weighted by Gasteiger charge is 2.25. The first-order chi connectivity index (χ1) is 8.74. The number of amides is 1. The first-order valence-corrected chi connectivity index (χ1v) is 6.92. The van der Waals surface area contributed by atoms with Crippen molar-refractivity contribution >= 4 is 11.6 Å². The van der Waals surface area contributed by atoms with E-state index < -0.39 is 0 Å². The normalized spacial score (nSPS) is 19.6. The van der Waals surface area contributed by atoms with Crippen molar-refractivity contribution < 1.29 is 4.79 Å². The average molecular weight is 244 g/mol. The van der Waals surface area contributed by atoms with E-state index in [1.807, 2.05) is 18.2 Å². The lowest BCUT2D eigenvalue weighted by molar-refractivity contribution is 0.0909. The lowest BCUT2D eigenvalue weighted by atomic mass is 9.80. The van der Waals surface area contributed by atoms with Crippen LogP contribution in [0.25, 0.3) is 0 Å². The molecule has 1 fully saturated rings. The lowest BCUT2D eigenvalue weighted by Crippen LogP contribution is -2.40. The van der Waals surface area contributed by atoms with Crippen LogP contribution in [0.3, 0.4) is 0 Å². The van der Waals surface area contributed by atoms with Crippen LogP contribution >= 0.6 is 0 Å². The summed E-state index contributed by atoms with van der Waals surface area (Å²) in [6.45, 7) is 3.11. The Bertz CT molecular complexity index is 466. The minimum absolute atomic E-state index is 0.0732. The highest BCUT2D eigenvalue weighted by molar-refractivity contribution is 5.95. The molecule has 1 aliphatic carbocycles. The molecule has 3 rings (SSSR count). The molecule has 1 unspecified atom stereocenters. The third-order valence-electron chi connectivity index (χ3n) is 4.29. The lowest BCUT2D eigenvalue weighted by Gasteiger charge is -2.31. The van der Waals surface area contributed by atoms with Crippen molar-refractivity contribution in [3.05, 3.63) is 29.3 Å². The number of carbonyl (C=O) groups is 1. The van der Waals surface area contributed by atoms with Gasteiger partial charge in [0, 0.05) is 23.8 Å². The van der Waals surface area contributed by atoms with Crippen LogP contribution in [0, 0.1) is 5.92 Å². The van der Waals surface area contributed by atoms with Gasteiger partial charge >= 0.3 is 0 Å². The molecule has 18 heavy (non-hydrogen) atoms. The molecule has 0 bridgehead atoms. The van der Waals surface area contributed by atoms with E-state index in [9.17, 15) is 4.79 Å². The van der Waals surface area contributed by atoms with Gasteiger partial charge in [-0.15, -0.1) is 0 Å². The van der Waals surface area contributed by atoms with E-state index in [1.165, 1.54) is 30.5 Å². The second-order valence-corrected chi connectivity index (χ2v) is 5.50. The molecule has 0 saturated heterocycles. The first kappa shape index (κ1) is 11.6. The van der Waals surface area contributed by atoms with E-state index in [1.54, 1.807) is 0 Å². The number of anilines is 1. The number of nitrogens with one attached hydrogen (secondary N) is 2. The maximum Gasteiger partial charge on any atom is 0.251 e. The summed E-state index contributed by atoms with van der Waals surface area (Å²) in [7, 11) is 0. The predicted octanol–water partition coefficient (Wildman–Crippen LogP) is 2.57. The second-order valence-electron chi connectivity index (χ2n) is 5.50. The largest absolute Gasteiger partial charge is 0.384 e. The SMILES string of the molecule is CC(NC(=O)c1ccc2c(c1)CCN2)C1CCC1. The predicted molar refractivity (Wildman–Crippen MR) is 72.9 cm³/mol. The number of fused-ring (bicyclic) bond motifs is 1. The van der Waals surface area contributed by atoms with E-state index in [4.69, 9.17) is 0 Å². The molecule has 1 aromatic carbocycles. The minimum Gasteiger partial charge on any atom is -0.384 e. The van der Waals surface area contributed by atoms with E-state index in [0.717, 1.165) is 18.5 Å². The fourth-order valence-corrected chi connectivity index (χ4v) is 2.79. The summed E-state index contributed by atoms with van der Waals surface area (Å²) in [5.74, 6) is 0.758. The smallest absolute Gasteiger partial charge is 0.251 e. The molecule has 1 atom stereocenters. The topological polar surface area (TPSA) is 41.1 Å². The van der Waals surface area contributed by atoms with Crippen LogP contribution in [0.4, 0.5) is 5.69 Å². The Morgan fingerprint density at radius 3 is 3.00 bits per heavy atom. The van der Waals surface area contributed by atoms with Crippen LogP contribution < -0.4 is 10.6 Å². The number of rotatable bonds is 3. The summed E-state index contributed by atoms with van der Waals surface area (Å²) in [6, 6.07) is 6.27. The zero-order valence-corrected chi connectivity index (χ0v) is 10.8. The summed E-state index contributed by atoms with van der Waals surface area (Å²) >= 11 is 0. The summed E-state index contributed by atoms with van der Waals surface area (Å²) in [6.07, 6.45) is 4.86. The third kappa shape index (κ3) is 2.09. The number of hydrogen-bond donors (Lipinski definition) is 2. The minimum atomic E-state index is 0.0732. The number of carbonyl (C=O) groups excluding carboxylic acids is 1. The quantitative estimate of drug-likeness (QED) is 0.858. The molecule has 3 heteroatoms. The van der Waals surface area contributed by atoms with E-state index in [2.05, 4.69) is 17.6 Å². The molecule has 96 valence electrons. The molecule has 1 aromatic rings. The highest BCUT2D eigenvalue weighted by atomic mass is 16.1. The molecule has 2 aliphatic rings. The van der Waals surface area contributed by atoms with Crippen molar-refractivity contribution in [1.29, 1.82) is 0 Å². The van der Waals surface area contributed by atoms with Crippen LogP contribution in [0.2, 0.25) is 0 Å². The van der Waals surface area contributed by atoms with Gasteiger partial charge in [-0.25, -0.2) is 0 Å². The Morgan fingerprint density at radius 2 is 2.28 bits per heavy atom.